The summed E-state index contributed by atoms with van der Waals surface area (Å²) in [6, 6.07) is 8.52. The van der Waals surface area contributed by atoms with Gasteiger partial charge in [0, 0.05) is 13.1 Å². The molecule has 1 amide bonds. The predicted molar refractivity (Wildman–Crippen MR) is 79.8 cm³/mol. The summed E-state index contributed by atoms with van der Waals surface area (Å²) in [6.45, 7) is 7.03. The molecule has 1 aromatic rings. The van der Waals surface area contributed by atoms with E-state index in [-0.39, 0.29) is 12.1 Å². The Balaban J connectivity index is 2.16. The van der Waals surface area contributed by atoms with Gasteiger partial charge >= 0.3 is 6.09 Å². The van der Waals surface area contributed by atoms with E-state index in [2.05, 4.69) is 23.5 Å². The molecular formula is C16H24N2O2. The van der Waals surface area contributed by atoms with Gasteiger partial charge in [-0.3, -0.25) is 0 Å². The highest BCUT2D eigenvalue weighted by Gasteiger charge is 2.27. The molecular weight excluding hydrogens is 252 g/mol. The third-order valence-corrected chi connectivity index (χ3v) is 3.48. The molecule has 0 aromatic heterocycles. The van der Waals surface area contributed by atoms with Crippen LogP contribution in [0.25, 0.3) is 0 Å². The lowest BCUT2D eigenvalue weighted by molar-refractivity contribution is 0.0241. The summed E-state index contributed by atoms with van der Waals surface area (Å²) in [5, 5.41) is 3.30. The van der Waals surface area contributed by atoms with Crippen molar-refractivity contribution in [1.82, 2.24) is 10.2 Å². The van der Waals surface area contributed by atoms with Crippen molar-refractivity contribution in [2.24, 2.45) is 0 Å². The van der Waals surface area contributed by atoms with Gasteiger partial charge in [0.05, 0.1) is 6.04 Å². The van der Waals surface area contributed by atoms with Crippen LogP contribution < -0.4 is 5.32 Å². The zero-order valence-electron chi connectivity index (χ0n) is 12.8. The smallest absolute Gasteiger partial charge is 0.410 e. The van der Waals surface area contributed by atoms with Crippen LogP contribution in [0.4, 0.5) is 4.79 Å². The van der Waals surface area contributed by atoms with Crippen molar-refractivity contribution in [2.45, 2.75) is 38.8 Å². The second-order valence-corrected chi connectivity index (χ2v) is 6.22. The van der Waals surface area contributed by atoms with E-state index in [1.54, 1.807) is 4.90 Å². The van der Waals surface area contributed by atoms with E-state index < -0.39 is 5.60 Å². The fourth-order valence-corrected chi connectivity index (χ4v) is 2.51. The minimum absolute atomic E-state index is 0.154. The molecule has 110 valence electrons. The molecule has 2 rings (SSSR count). The highest BCUT2D eigenvalue weighted by atomic mass is 16.6. The minimum atomic E-state index is -0.453. The van der Waals surface area contributed by atoms with E-state index >= 15 is 0 Å². The molecule has 0 aliphatic carbocycles. The average molecular weight is 276 g/mol. The first kappa shape index (κ1) is 14.9. The van der Waals surface area contributed by atoms with Gasteiger partial charge in [0.2, 0.25) is 0 Å². The number of rotatable bonds is 1. The van der Waals surface area contributed by atoms with Crippen molar-refractivity contribution >= 4 is 6.09 Å². The van der Waals surface area contributed by atoms with E-state index in [4.69, 9.17) is 4.74 Å². The molecule has 1 atom stereocenters. The van der Waals surface area contributed by atoms with Crippen molar-refractivity contribution in [3.8, 4) is 0 Å². The van der Waals surface area contributed by atoms with Crippen molar-refractivity contribution in [2.75, 3.05) is 20.1 Å². The first-order chi connectivity index (χ1) is 9.40. The Hall–Kier alpha value is -1.55. The summed E-state index contributed by atoms with van der Waals surface area (Å²) in [5.41, 5.74) is 2.13. The fraction of sp³-hybridized carbons (Fsp3) is 0.562. The summed E-state index contributed by atoms with van der Waals surface area (Å²) in [6.07, 6.45) is 0.638. The number of amides is 1. The highest BCUT2D eigenvalue weighted by molar-refractivity contribution is 5.68. The second-order valence-electron chi connectivity index (χ2n) is 6.22. The Bertz CT molecular complexity index is 480. The van der Waals surface area contributed by atoms with Gasteiger partial charge in [0.25, 0.3) is 0 Å². The summed E-state index contributed by atoms with van der Waals surface area (Å²) < 4.78 is 5.48. The van der Waals surface area contributed by atoms with E-state index in [1.165, 1.54) is 11.1 Å². The van der Waals surface area contributed by atoms with Crippen LogP contribution in [-0.2, 0) is 11.2 Å². The molecule has 0 saturated carbocycles. The summed E-state index contributed by atoms with van der Waals surface area (Å²) >= 11 is 0. The van der Waals surface area contributed by atoms with E-state index in [0.717, 1.165) is 6.42 Å². The predicted octanol–water partition coefficient (Wildman–Crippen LogP) is 2.74. The molecule has 4 heteroatoms. The zero-order valence-corrected chi connectivity index (χ0v) is 12.8. The van der Waals surface area contributed by atoms with Gasteiger partial charge in [0.1, 0.15) is 5.60 Å². The SMILES string of the molecule is CNC1CN(C(=O)OC(C)(C)C)CCc2ccccc21. The van der Waals surface area contributed by atoms with E-state index in [9.17, 15) is 4.79 Å². The number of carbonyl (C=O) groups is 1. The summed E-state index contributed by atoms with van der Waals surface area (Å²) in [5.74, 6) is 0. The van der Waals surface area contributed by atoms with Gasteiger partial charge in [-0.05, 0) is 45.4 Å². The topological polar surface area (TPSA) is 41.6 Å². The van der Waals surface area contributed by atoms with Crippen LogP contribution >= 0.6 is 0 Å². The molecule has 1 aliphatic heterocycles. The van der Waals surface area contributed by atoms with Crippen LogP contribution in [-0.4, -0.2) is 36.7 Å². The fourth-order valence-electron chi connectivity index (χ4n) is 2.51. The van der Waals surface area contributed by atoms with Crippen molar-refractivity contribution < 1.29 is 9.53 Å². The molecule has 0 saturated heterocycles. The molecule has 1 heterocycles. The number of hydrogen-bond donors (Lipinski definition) is 1. The van der Waals surface area contributed by atoms with Crippen molar-refractivity contribution in [1.29, 1.82) is 0 Å². The van der Waals surface area contributed by atoms with Gasteiger partial charge in [0.15, 0.2) is 0 Å². The van der Waals surface area contributed by atoms with E-state index in [0.29, 0.717) is 13.1 Å². The number of likely N-dealkylation sites (N-methyl/N-ethyl adjacent to an activating group) is 1. The Kier molecular flexibility index (Phi) is 4.33. The van der Waals surface area contributed by atoms with Crippen LogP contribution in [0, 0.1) is 0 Å². The largest absolute Gasteiger partial charge is 0.444 e. The van der Waals surface area contributed by atoms with Crippen molar-refractivity contribution in [3.63, 3.8) is 0 Å². The van der Waals surface area contributed by atoms with Gasteiger partial charge in [-0.15, -0.1) is 0 Å². The molecule has 1 aromatic carbocycles. The Labute approximate surface area is 121 Å². The van der Waals surface area contributed by atoms with Crippen LogP contribution in [0.1, 0.15) is 37.9 Å². The average Bonchev–Trinajstić information content (AvgIpc) is 2.56. The van der Waals surface area contributed by atoms with Crippen LogP contribution in [0.2, 0.25) is 0 Å². The molecule has 20 heavy (non-hydrogen) atoms. The van der Waals surface area contributed by atoms with Gasteiger partial charge in [-0.1, -0.05) is 24.3 Å². The Morgan fingerprint density at radius 1 is 1.35 bits per heavy atom. The highest BCUT2D eigenvalue weighted by Crippen LogP contribution is 2.24. The number of fused-ring (bicyclic) bond motifs is 1. The van der Waals surface area contributed by atoms with Crippen LogP contribution in [0.5, 0.6) is 0 Å². The standard InChI is InChI=1S/C16H24N2O2/c1-16(2,3)20-15(19)18-10-9-12-7-5-6-8-13(12)14(11-18)17-4/h5-8,14,17H,9-11H2,1-4H3. The third-order valence-electron chi connectivity index (χ3n) is 3.48. The maximum absolute atomic E-state index is 12.3. The molecule has 1 aliphatic rings. The van der Waals surface area contributed by atoms with Gasteiger partial charge in [-0.25, -0.2) is 4.79 Å². The van der Waals surface area contributed by atoms with Crippen molar-refractivity contribution in [3.05, 3.63) is 35.4 Å². The molecule has 0 bridgehead atoms. The lowest BCUT2D eigenvalue weighted by Crippen LogP contribution is -2.40. The molecule has 4 nitrogen and oxygen atoms in total. The number of carbonyl (C=O) groups excluding carboxylic acids is 1. The lowest BCUT2D eigenvalue weighted by atomic mass is 10.00. The second kappa shape index (κ2) is 5.83. The normalized spacial score (nSPS) is 19.2. The Morgan fingerprint density at radius 3 is 2.70 bits per heavy atom. The first-order valence-electron chi connectivity index (χ1n) is 7.13. The maximum atomic E-state index is 12.3. The number of benzene rings is 1. The zero-order chi connectivity index (χ0) is 14.8. The molecule has 1 N–H and O–H groups in total. The first-order valence-corrected chi connectivity index (χ1v) is 7.13. The van der Waals surface area contributed by atoms with Gasteiger partial charge in [-0.2, -0.15) is 0 Å². The number of nitrogens with zero attached hydrogens (tertiary/aromatic N) is 1. The number of hydrogen-bond acceptors (Lipinski definition) is 3. The van der Waals surface area contributed by atoms with Crippen LogP contribution in [0.3, 0.4) is 0 Å². The molecule has 0 spiro atoms. The quantitative estimate of drug-likeness (QED) is 0.857. The van der Waals surface area contributed by atoms with Crippen LogP contribution in [0.15, 0.2) is 24.3 Å². The Morgan fingerprint density at radius 2 is 2.05 bits per heavy atom. The maximum Gasteiger partial charge on any atom is 0.410 e. The summed E-state index contributed by atoms with van der Waals surface area (Å²) in [4.78, 5) is 14.1. The monoisotopic (exact) mass is 276 g/mol. The number of ether oxygens (including phenoxy) is 1. The molecule has 1 unspecified atom stereocenters. The molecule has 0 radical (unpaired) electrons. The lowest BCUT2D eigenvalue weighted by Gasteiger charge is -2.28. The summed E-state index contributed by atoms with van der Waals surface area (Å²) in [7, 11) is 1.93. The third kappa shape index (κ3) is 3.51. The van der Waals surface area contributed by atoms with E-state index in [1.807, 2.05) is 33.9 Å². The molecule has 0 fully saturated rings. The van der Waals surface area contributed by atoms with Gasteiger partial charge < -0.3 is 15.0 Å². The minimum Gasteiger partial charge on any atom is -0.444 e. The number of nitrogens with one attached hydrogen (secondary N) is 1.